The Labute approximate surface area is 109 Å². The van der Waals surface area contributed by atoms with Gasteiger partial charge in [0.25, 0.3) is 0 Å². The zero-order chi connectivity index (χ0) is 12.5. The van der Waals surface area contributed by atoms with Gasteiger partial charge in [-0.25, -0.2) is 4.68 Å². The molecule has 3 aromatic rings. The summed E-state index contributed by atoms with van der Waals surface area (Å²) in [5.41, 5.74) is 9.19. The molecule has 1 aromatic heterocycles. The number of para-hydroxylation sites is 1. The van der Waals surface area contributed by atoms with Crippen molar-refractivity contribution in [3.8, 4) is 5.69 Å². The topological polar surface area (TPSA) is 56.7 Å². The maximum Gasteiger partial charge on any atom is 0.113 e. The average molecular weight is 254 g/mol. The van der Waals surface area contributed by atoms with E-state index in [0.717, 1.165) is 22.3 Å². The van der Waals surface area contributed by atoms with E-state index < -0.39 is 0 Å². The average Bonchev–Trinajstić information content (AvgIpc) is 2.82. The Bertz CT molecular complexity index is 715. The Hall–Kier alpha value is -2.27. The largest absolute Gasteiger partial charge is 0.389 e. The normalized spacial score (nSPS) is 10.7. The van der Waals surface area contributed by atoms with Gasteiger partial charge in [-0.3, -0.25) is 0 Å². The second-order valence-corrected chi connectivity index (χ2v) is 4.34. The number of fused-ring (bicyclic) bond motifs is 1. The van der Waals surface area contributed by atoms with Crippen LogP contribution in [0.25, 0.3) is 16.7 Å². The van der Waals surface area contributed by atoms with E-state index in [4.69, 9.17) is 18.0 Å². The zero-order valence-electron chi connectivity index (χ0n) is 9.45. The summed E-state index contributed by atoms with van der Waals surface area (Å²) in [6.45, 7) is 0. The molecule has 4 nitrogen and oxygen atoms in total. The van der Waals surface area contributed by atoms with E-state index in [1.807, 2.05) is 48.5 Å². The highest BCUT2D eigenvalue weighted by atomic mass is 32.1. The Kier molecular flexibility index (Phi) is 2.53. The second kappa shape index (κ2) is 4.19. The van der Waals surface area contributed by atoms with Gasteiger partial charge in [0.1, 0.15) is 10.5 Å². The summed E-state index contributed by atoms with van der Waals surface area (Å²) in [6, 6.07) is 15.4. The summed E-state index contributed by atoms with van der Waals surface area (Å²) < 4.78 is 1.79. The van der Waals surface area contributed by atoms with Crippen LogP contribution in [0.1, 0.15) is 5.56 Å². The fourth-order valence-corrected chi connectivity index (χ4v) is 1.96. The standard InChI is InChI=1S/C13H10N4S/c14-13(18)9-5-7-10(8-6-9)17-12-4-2-1-3-11(12)15-16-17/h1-8H,(H2,14,18). The van der Waals surface area contributed by atoms with Crippen LogP contribution in [0.5, 0.6) is 0 Å². The minimum absolute atomic E-state index is 0.394. The molecule has 0 aliphatic heterocycles. The van der Waals surface area contributed by atoms with Crippen molar-refractivity contribution in [2.24, 2.45) is 5.73 Å². The first kappa shape index (κ1) is 10.9. The van der Waals surface area contributed by atoms with E-state index in [0.29, 0.717) is 4.99 Å². The first-order chi connectivity index (χ1) is 8.75. The van der Waals surface area contributed by atoms with Gasteiger partial charge in [0.15, 0.2) is 0 Å². The van der Waals surface area contributed by atoms with Gasteiger partial charge >= 0.3 is 0 Å². The molecule has 2 N–H and O–H groups in total. The van der Waals surface area contributed by atoms with Crippen molar-refractivity contribution in [3.05, 3.63) is 54.1 Å². The Morgan fingerprint density at radius 2 is 1.78 bits per heavy atom. The number of nitrogens with two attached hydrogens (primary N) is 1. The number of benzene rings is 2. The van der Waals surface area contributed by atoms with Crippen molar-refractivity contribution in [3.63, 3.8) is 0 Å². The third-order valence-corrected chi connectivity index (χ3v) is 2.98. The van der Waals surface area contributed by atoms with Crippen LogP contribution in [0.4, 0.5) is 0 Å². The monoisotopic (exact) mass is 254 g/mol. The molecule has 1 heterocycles. The molecule has 0 aliphatic rings. The van der Waals surface area contributed by atoms with E-state index in [9.17, 15) is 0 Å². The summed E-state index contributed by atoms with van der Waals surface area (Å²) in [4.78, 5) is 0.394. The molecule has 18 heavy (non-hydrogen) atoms. The number of aromatic nitrogens is 3. The second-order valence-electron chi connectivity index (χ2n) is 3.90. The Morgan fingerprint density at radius 3 is 2.50 bits per heavy atom. The van der Waals surface area contributed by atoms with Crippen molar-refractivity contribution < 1.29 is 0 Å². The first-order valence-corrected chi connectivity index (χ1v) is 5.87. The smallest absolute Gasteiger partial charge is 0.113 e. The highest BCUT2D eigenvalue weighted by Crippen LogP contribution is 2.16. The molecule has 5 heteroatoms. The SMILES string of the molecule is NC(=S)c1ccc(-n2nnc3ccccc32)cc1. The third kappa shape index (κ3) is 1.74. The van der Waals surface area contributed by atoms with Crippen molar-refractivity contribution in [1.82, 2.24) is 15.0 Å². The molecule has 0 radical (unpaired) electrons. The van der Waals surface area contributed by atoms with Crippen LogP contribution in [-0.2, 0) is 0 Å². The van der Waals surface area contributed by atoms with Crippen LogP contribution in [0.2, 0.25) is 0 Å². The predicted molar refractivity (Wildman–Crippen MR) is 74.8 cm³/mol. The summed E-state index contributed by atoms with van der Waals surface area (Å²) in [5.74, 6) is 0. The molecule has 0 bridgehead atoms. The zero-order valence-corrected chi connectivity index (χ0v) is 10.3. The van der Waals surface area contributed by atoms with Crippen LogP contribution in [-0.4, -0.2) is 20.0 Å². The van der Waals surface area contributed by atoms with Crippen LogP contribution in [0, 0.1) is 0 Å². The van der Waals surface area contributed by atoms with Gasteiger partial charge in [0, 0.05) is 5.56 Å². The van der Waals surface area contributed by atoms with Crippen LogP contribution in [0.3, 0.4) is 0 Å². The molecule has 0 saturated heterocycles. The van der Waals surface area contributed by atoms with Gasteiger partial charge in [0.05, 0.1) is 11.2 Å². The Morgan fingerprint density at radius 1 is 1.06 bits per heavy atom. The third-order valence-electron chi connectivity index (χ3n) is 2.75. The van der Waals surface area contributed by atoms with Gasteiger partial charge in [-0.1, -0.05) is 29.6 Å². The molecule has 0 aliphatic carbocycles. The van der Waals surface area contributed by atoms with E-state index in [1.165, 1.54) is 0 Å². The molecule has 2 aromatic carbocycles. The summed E-state index contributed by atoms with van der Waals surface area (Å²) in [5, 5.41) is 8.26. The van der Waals surface area contributed by atoms with Crippen molar-refractivity contribution >= 4 is 28.2 Å². The van der Waals surface area contributed by atoms with Crippen LogP contribution >= 0.6 is 12.2 Å². The van der Waals surface area contributed by atoms with Crippen molar-refractivity contribution in [2.45, 2.75) is 0 Å². The van der Waals surface area contributed by atoms with Gasteiger partial charge < -0.3 is 5.73 Å². The highest BCUT2D eigenvalue weighted by Gasteiger charge is 2.05. The predicted octanol–water partition coefficient (Wildman–Crippen LogP) is 2.05. The lowest BCUT2D eigenvalue weighted by molar-refractivity contribution is 0.824. The molecule has 0 unspecified atom stereocenters. The minimum Gasteiger partial charge on any atom is -0.389 e. The molecule has 0 amide bonds. The quantitative estimate of drug-likeness (QED) is 0.711. The lowest BCUT2D eigenvalue weighted by Crippen LogP contribution is -2.09. The number of rotatable bonds is 2. The summed E-state index contributed by atoms with van der Waals surface area (Å²) in [7, 11) is 0. The Balaban J connectivity index is 2.12. The molecular formula is C13H10N4S. The highest BCUT2D eigenvalue weighted by molar-refractivity contribution is 7.80. The van der Waals surface area contributed by atoms with Crippen LogP contribution in [0.15, 0.2) is 48.5 Å². The minimum atomic E-state index is 0.394. The van der Waals surface area contributed by atoms with E-state index in [2.05, 4.69) is 10.3 Å². The molecule has 3 rings (SSSR count). The van der Waals surface area contributed by atoms with E-state index in [-0.39, 0.29) is 0 Å². The number of hydrogen-bond acceptors (Lipinski definition) is 3. The van der Waals surface area contributed by atoms with Gasteiger partial charge in [-0.15, -0.1) is 5.10 Å². The number of nitrogens with zero attached hydrogens (tertiary/aromatic N) is 3. The molecule has 88 valence electrons. The molecule has 0 atom stereocenters. The molecule has 0 fully saturated rings. The van der Waals surface area contributed by atoms with Crippen molar-refractivity contribution in [2.75, 3.05) is 0 Å². The lowest BCUT2D eigenvalue weighted by atomic mass is 10.2. The molecular weight excluding hydrogens is 244 g/mol. The van der Waals surface area contributed by atoms with Gasteiger partial charge in [-0.2, -0.15) is 0 Å². The lowest BCUT2D eigenvalue weighted by Gasteiger charge is -2.03. The fraction of sp³-hybridized carbons (Fsp3) is 0. The van der Waals surface area contributed by atoms with E-state index in [1.54, 1.807) is 4.68 Å². The van der Waals surface area contributed by atoms with Crippen LogP contribution < -0.4 is 5.73 Å². The maximum absolute atomic E-state index is 5.57. The number of hydrogen-bond donors (Lipinski definition) is 1. The fourth-order valence-electron chi connectivity index (χ4n) is 1.83. The number of thiocarbonyl (C=S) groups is 1. The summed E-state index contributed by atoms with van der Waals surface area (Å²) in [6.07, 6.45) is 0. The summed E-state index contributed by atoms with van der Waals surface area (Å²) >= 11 is 4.93. The molecule has 0 spiro atoms. The molecule has 0 saturated carbocycles. The maximum atomic E-state index is 5.57. The van der Waals surface area contributed by atoms with Gasteiger partial charge in [-0.05, 0) is 36.4 Å². The van der Waals surface area contributed by atoms with E-state index >= 15 is 0 Å². The first-order valence-electron chi connectivity index (χ1n) is 5.46. The van der Waals surface area contributed by atoms with Gasteiger partial charge in [0.2, 0.25) is 0 Å². The van der Waals surface area contributed by atoms with Crippen molar-refractivity contribution in [1.29, 1.82) is 0 Å².